The highest BCUT2D eigenvalue weighted by Crippen LogP contribution is 2.29. The molecule has 6 nitrogen and oxygen atoms in total. The van der Waals surface area contributed by atoms with Crippen LogP contribution in [0.3, 0.4) is 0 Å². The predicted octanol–water partition coefficient (Wildman–Crippen LogP) is 5.90. The van der Waals surface area contributed by atoms with E-state index in [0.29, 0.717) is 11.2 Å². The fraction of sp³-hybridized carbons (Fsp3) is 0.522. The van der Waals surface area contributed by atoms with Gasteiger partial charge in [-0.15, -0.1) is 11.8 Å². The summed E-state index contributed by atoms with van der Waals surface area (Å²) in [5, 5.41) is 12.3. The van der Waals surface area contributed by atoms with Crippen LogP contribution in [0.25, 0.3) is 0 Å². The molecule has 1 aliphatic carbocycles. The largest absolute Gasteiger partial charge is 0.481 e. The Balaban J connectivity index is 1.50. The summed E-state index contributed by atoms with van der Waals surface area (Å²) in [7, 11) is 0. The molecule has 0 aliphatic heterocycles. The third-order valence-electron chi connectivity index (χ3n) is 5.52. The van der Waals surface area contributed by atoms with Gasteiger partial charge in [0.05, 0.1) is 16.2 Å². The fourth-order valence-corrected chi connectivity index (χ4v) is 5.54. The summed E-state index contributed by atoms with van der Waals surface area (Å²) in [5.74, 6) is -0.869. The molecule has 31 heavy (non-hydrogen) atoms. The first-order chi connectivity index (χ1) is 15.1. The molecule has 0 radical (unpaired) electrons. The Labute approximate surface area is 192 Å². The molecule has 1 aliphatic rings. The number of thiazole rings is 1. The average molecular weight is 462 g/mol. The highest BCUT2D eigenvalue weighted by atomic mass is 32.2. The van der Waals surface area contributed by atoms with E-state index in [0.717, 1.165) is 49.3 Å². The Morgan fingerprint density at radius 1 is 1.13 bits per heavy atom. The van der Waals surface area contributed by atoms with Gasteiger partial charge in [-0.05, 0) is 37.7 Å². The van der Waals surface area contributed by atoms with Crippen LogP contribution in [0.5, 0.6) is 0 Å². The third-order valence-corrected chi connectivity index (χ3v) is 7.61. The quantitative estimate of drug-likeness (QED) is 0.322. The number of unbranched alkanes of at least 4 members (excludes halogenated alkanes) is 2. The Kier molecular flexibility index (Phi) is 9.68. The van der Waals surface area contributed by atoms with Gasteiger partial charge in [0.25, 0.3) is 0 Å². The molecule has 1 aromatic heterocycles. The molecule has 2 amide bonds. The van der Waals surface area contributed by atoms with E-state index in [1.165, 1.54) is 47.9 Å². The van der Waals surface area contributed by atoms with Gasteiger partial charge in [-0.2, -0.15) is 0 Å². The highest BCUT2D eigenvalue weighted by molar-refractivity contribution is 8.01. The first-order valence-corrected chi connectivity index (χ1v) is 12.8. The molecule has 2 aromatic rings. The second kappa shape index (κ2) is 12.7. The van der Waals surface area contributed by atoms with Gasteiger partial charge in [-0.1, -0.05) is 67.4 Å². The summed E-state index contributed by atoms with van der Waals surface area (Å²) >= 11 is 2.55. The van der Waals surface area contributed by atoms with E-state index in [2.05, 4.69) is 34.6 Å². The number of rotatable bonds is 11. The number of carboxylic acid groups (broad SMARTS) is 1. The lowest BCUT2D eigenvalue weighted by Gasteiger charge is -2.34. The van der Waals surface area contributed by atoms with Crippen molar-refractivity contribution in [1.29, 1.82) is 0 Å². The SMILES string of the molecule is O=C(O)CSc1cnc(NC(=O)N(CCCCCc2ccccc2)C2CCCCC2)s1. The number of carboxylic acids is 1. The van der Waals surface area contributed by atoms with E-state index >= 15 is 0 Å². The number of urea groups is 1. The number of aryl methyl sites for hydroxylation is 1. The van der Waals surface area contributed by atoms with Gasteiger partial charge in [0.1, 0.15) is 0 Å². The summed E-state index contributed by atoms with van der Waals surface area (Å²) in [6.45, 7) is 0.761. The van der Waals surface area contributed by atoms with Crippen LogP contribution in [0, 0.1) is 0 Å². The second-order valence-corrected chi connectivity index (χ2v) is 10.2. The number of hydrogen-bond acceptors (Lipinski definition) is 5. The standard InChI is InChI=1S/C23H31N3O3S2/c27-20(28)17-30-21-16-24-22(31-21)25-23(29)26(19-13-7-2-8-14-19)15-9-3-6-12-18-10-4-1-5-11-18/h1,4-5,10-11,16,19H,2-3,6-9,12-15,17H2,(H,27,28)(H,24,25,29). The van der Waals surface area contributed by atoms with Crippen molar-refractivity contribution >= 4 is 40.2 Å². The minimum Gasteiger partial charge on any atom is -0.481 e. The van der Waals surface area contributed by atoms with Gasteiger partial charge in [0, 0.05) is 12.6 Å². The molecule has 0 unspecified atom stereocenters. The molecule has 1 fully saturated rings. The summed E-state index contributed by atoms with van der Waals surface area (Å²) in [4.78, 5) is 30.0. The highest BCUT2D eigenvalue weighted by Gasteiger charge is 2.25. The first kappa shape index (κ1) is 23.6. The zero-order chi connectivity index (χ0) is 21.9. The van der Waals surface area contributed by atoms with E-state index in [1.807, 2.05) is 11.0 Å². The molecular weight excluding hydrogens is 430 g/mol. The van der Waals surface area contributed by atoms with Crippen molar-refractivity contribution in [2.45, 2.75) is 68.0 Å². The third kappa shape index (κ3) is 8.18. The van der Waals surface area contributed by atoms with Crippen molar-refractivity contribution in [3.05, 3.63) is 42.1 Å². The van der Waals surface area contributed by atoms with Gasteiger partial charge >= 0.3 is 12.0 Å². The van der Waals surface area contributed by atoms with E-state index in [4.69, 9.17) is 5.11 Å². The second-order valence-electron chi connectivity index (χ2n) is 7.88. The summed E-state index contributed by atoms with van der Waals surface area (Å²) in [5.41, 5.74) is 1.37. The van der Waals surface area contributed by atoms with Crippen LogP contribution in [0.1, 0.15) is 56.9 Å². The van der Waals surface area contributed by atoms with Gasteiger partial charge in [0.2, 0.25) is 0 Å². The minimum absolute atomic E-state index is 0.00718. The Hall–Kier alpha value is -2.06. The van der Waals surface area contributed by atoms with Crippen LogP contribution in [-0.4, -0.2) is 45.3 Å². The maximum absolute atomic E-state index is 13.1. The number of carbonyl (C=O) groups is 2. The summed E-state index contributed by atoms with van der Waals surface area (Å²) < 4.78 is 0.794. The zero-order valence-corrected chi connectivity index (χ0v) is 19.4. The van der Waals surface area contributed by atoms with Crippen LogP contribution in [0.4, 0.5) is 9.93 Å². The molecule has 8 heteroatoms. The molecule has 0 atom stereocenters. The van der Waals surface area contributed by atoms with Crippen LogP contribution in [0.2, 0.25) is 0 Å². The van der Waals surface area contributed by atoms with Gasteiger partial charge < -0.3 is 10.0 Å². The molecule has 3 rings (SSSR count). The summed E-state index contributed by atoms with van der Waals surface area (Å²) in [6.07, 6.45) is 11.7. The molecule has 0 saturated heterocycles. The van der Waals surface area contributed by atoms with Crippen molar-refractivity contribution in [2.75, 3.05) is 17.6 Å². The molecular formula is C23H31N3O3S2. The molecule has 2 N–H and O–H groups in total. The lowest BCUT2D eigenvalue weighted by molar-refractivity contribution is -0.133. The predicted molar refractivity (Wildman–Crippen MR) is 127 cm³/mol. The number of thioether (sulfide) groups is 1. The van der Waals surface area contributed by atoms with E-state index in [1.54, 1.807) is 6.20 Å². The Morgan fingerprint density at radius 3 is 2.65 bits per heavy atom. The molecule has 0 spiro atoms. The van der Waals surface area contributed by atoms with E-state index < -0.39 is 5.97 Å². The maximum Gasteiger partial charge on any atom is 0.323 e. The van der Waals surface area contributed by atoms with Gasteiger partial charge in [0.15, 0.2) is 5.13 Å². The van der Waals surface area contributed by atoms with Crippen molar-refractivity contribution in [2.24, 2.45) is 0 Å². The maximum atomic E-state index is 13.1. The van der Waals surface area contributed by atoms with Crippen LogP contribution in [-0.2, 0) is 11.2 Å². The van der Waals surface area contributed by atoms with Gasteiger partial charge in [-0.25, -0.2) is 9.78 Å². The smallest absolute Gasteiger partial charge is 0.323 e. The van der Waals surface area contributed by atoms with Crippen LogP contribution < -0.4 is 5.32 Å². The lowest BCUT2D eigenvalue weighted by atomic mass is 9.94. The van der Waals surface area contributed by atoms with Crippen LogP contribution >= 0.6 is 23.1 Å². The molecule has 1 heterocycles. The zero-order valence-electron chi connectivity index (χ0n) is 17.8. The van der Waals surface area contributed by atoms with Gasteiger partial charge in [-0.3, -0.25) is 10.1 Å². The first-order valence-electron chi connectivity index (χ1n) is 11.0. The fourth-order valence-electron chi connectivity index (χ4n) is 3.96. The molecule has 0 bridgehead atoms. The van der Waals surface area contributed by atoms with Crippen molar-refractivity contribution in [1.82, 2.24) is 9.88 Å². The van der Waals surface area contributed by atoms with Crippen molar-refractivity contribution in [3.8, 4) is 0 Å². The Morgan fingerprint density at radius 2 is 1.90 bits per heavy atom. The number of carbonyl (C=O) groups excluding carboxylic acids is 1. The van der Waals surface area contributed by atoms with E-state index in [9.17, 15) is 9.59 Å². The topological polar surface area (TPSA) is 82.5 Å². The number of nitrogens with zero attached hydrogens (tertiary/aromatic N) is 2. The summed E-state index contributed by atoms with van der Waals surface area (Å²) in [6, 6.07) is 10.7. The normalized spacial score (nSPS) is 14.3. The van der Waals surface area contributed by atoms with E-state index in [-0.39, 0.29) is 11.8 Å². The molecule has 168 valence electrons. The average Bonchev–Trinajstić information content (AvgIpc) is 3.23. The number of aliphatic carboxylic acids is 1. The monoisotopic (exact) mass is 461 g/mol. The minimum atomic E-state index is -0.861. The number of nitrogens with one attached hydrogen (secondary N) is 1. The number of amides is 2. The number of aromatic nitrogens is 1. The van der Waals surface area contributed by atoms with Crippen LogP contribution in [0.15, 0.2) is 40.7 Å². The number of anilines is 1. The molecule has 1 saturated carbocycles. The number of hydrogen-bond donors (Lipinski definition) is 2. The molecule has 1 aromatic carbocycles. The number of benzene rings is 1. The van der Waals surface area contributed by atoms with Crippen molar-refractivity contribution in [3.63, 3.8) is 0 Å². The van der Waals surface area contributed by atoms with Crippen molar-refractivity contribution < 1.29 is 14.7 Å². The Bertz CT molecular complexity index is 822. The lowest BCUT2D eigenvalue weighted by Crippen LogP contribution is -2.44.